The first-order chi connectivity index (χ1) is 17.1. The average molecular weight is 463 g/mol. The van der Waals surface area contributed by atoms with Gasteiger partial charge in [-0.3, -0.25) is 4.79 Å². The lowest BCUT2D eigenvalue weighted by molar-refractivity contribution is 0.102. The standard InChI is InChI=1S/C27H22N6O2/c1-19-29-25(18-26(30-19)33-17-5-16-28-33)31-21-10-12-22(13-11-21)32-27(34)20-8-14-24(15-9-20)35-23-6-3-2-4-7-23/h2-18H,1H3,(H,32,34)(H,29,30,31). The van der Waals surface area contributed by atoms with Crippen LogP contribution >= 0.6 is 0 Å². The molecule has 0 aliphatic heterocycles. The highest BCUT2D eigenvalue weighted by Crippen LogP contribution is 2.23. The number of nitrogens with zero attached hydrogens (tertiary/aromatic N) is 4. The molecule has 2 aromatic heterocycles. The van der Waals surface area contributed by atoms with Gasteiger partial charge in [0.1, 0.15) is 23.1 Å². The molecule has 172 valence electrons. The first-order valence-electron chi connectivity index (χ1n) is 11.0. The van der Waals surface area contributed by atoms with E-state index in [9.17, 15) is 4.79 Å². The largest absolute Gasteiger partial charge is 0.457 e. The molecule has 2 heterocycles. The van der Waals surface area contributed by atoms with Gasteiger partial charge >= 0.3 is 0 Å². The summed E-state index contributed by atoms with van der Waals surface area (Å²) in [5, 5.41) is 10.4. The third-order valence-corrected chi connectivity index (χ3v) is 5.07. The Hall–Kier alpha value is -4.98. The summed E-state index contributed by atoms with van der Waals surface area (Å²) >= 11 is 0. The van der Waals surface area contributed by atoms with Crippen LogP contribution in [-0.2, 0) is 0 Å². The van der Waals surface area contributed by atoms with E-state index in [0.29, 0.717) is 34.5 Å². The van der Waals surface area contributed by atoms with E-state index < -0.39 is 0 Å². The lowest BCUT2D eigenvalue weighted by atomic mass is 10.2. The molecular formula is C27H22N6O2. The molecule has 0 unspecified atom stereocenters. The molecule has 8 heteroatoms. The van der Waals surface area contributed by atoms with Gasteiger partial charge in [-0.25, -0.2) is 14.6 Å². The van der Waals surface area contributed by atoms with Crippen LogP contribution in [0.25, 0.3) is 5.82 Å². The molecule has 35 heavy (non-hydrogen) atoms. The normalized spacial score (nSPS) is 10.5. The van der Waals surface area contributed by atoms with Crippen LogP contribution in [0.3, 0.4) is 0 Å². The van der Waals surface area contributed by atoms with Crippen LogP contribution in [0.5, 0.6) is 11.5 Å². The molecule has 3 aromatic carbocycles. The van der Waals surface area contributed by atoms with E-state index >= 15 is 0 Å². The Labute approximate surface area is 202 Å². The van der Waals surface area contributed by atoms with E-state index in [2.05, 4.69) is 25.7 Å². The topological polar surface area (TPSA) is 94.0 Å². The Morgan fingerprint density at radius 2 is 1.54 bits per heavy atom. The zero-order chi connectivity index (χ0) is 24.0. The van der Waals surface area contributed by atoms with E-state index in [-0.39, 0.29) is 5.91 Å². The minimum Gasteiger partial charge on any atom is -0.457 e. The molecule has 2 N–H and O–H groups in total. The molecule has 0 fully saturated rings. The smallest absolute Gasteiger partial charge is 0.255 e. The van der Waals surface area contributed by atoms with Crippen molar-refractivity contribution >= 4 is 23.1 Å². The minimum absolute atomic E-state index is 0.202. The molecular weight excluding hydrogens is 440 g/mol. The highest BCUT2D eigenvalue weighted by Gasteiger charge is 2.08. The van der Waals surface area contributed by atoms with Crippen molar-refractivity contribution < 1.29 is 9.53 Å². The Morgan fingerprint density at radius 3 is 2.26 bits per heavy atom. The number of para-hydroxylation sites is 1. The van der Waals surface area contributed by atoms with Crippen LogP contribution in [0.15, 0.2) is 103 Å². The maximum absolute atomic E-state index is 12.7. The van der Waals surface area contributed by atoms with Crippen LogP contribution in [0.2, 0.25) is 0 Å². The molecule has 0 saturated heterocycles. The van der Waals surface area contributed by atoms with Gasteiger partial charge in [0, 0.05) is 35.4 Å². The van der Waals surface area contributed by atoms with E-state index in [1.54, 1.807) is 35.1 Å². The van der Waals surface area contributed by atoms with Gasteiger partial charge in [-0.2, -0.15) is 5.10 Å². The fourth-order valence-electron chi connectivity index (χ4n) is 3.42. The van der Waals surface area contributed by atoms with Crippen LogP contribution in [0, 0.1) is 6.92 Å². The van der Waals surface area contributed by atoms with Crippen molar-refractivity contribution in [1.82, 2.24) is 19.7 Å². The van der Waals surface area contributed by atoms with E-state index in [0.717, 1.165) is 11.4 Å². The van der Waals surface area contributed by atoms with Crippen LogP contribution in [0.1, 0.15) is 16.2 Å². The fraction of sp³-hybridized carbons (Fsp3) is 0.0370. The van der Waals surface area contributed by atoms with Crippen molar-refractivity contribution in [3.8, 4) is 17.3 Å². The SMILES string of the molecule is Cc1nc(Nc2ccc(NC(=O)c3ccc(Oc4ccccc4)cc3)cc2)cc(-n2cccn2)n1. The minimum atomic E-state index is -0.202. The van der Waals surface area contributed by atoms with Gasteiger partial charge in [0.15, 0.2) is 5.82 Å². The molecule has 0 atom stereocenters. The van der Waals surface area contributed by atoms with Gasteiger partial charge in [-0.05, 0) is 73.7 Å². The van der Waals surface area contributed by atoms with Crippen molar-refractivity contribution in [2.45, 2.75) is 6.92 Å². The Bertz CT molecular complexity index is 1420. The quantitative estimate of drug-likeness (QED) is 0.319. The number of amides is 1. The van der Waals surface area contributed by atoms with Crippen molar-refractivity contribution in [1.29, 1.82) is 0 Å². The summed E-state index contributed by atoms with van der Waals surface area (Å²) in [6.07, 6.45) is 3.53. The fourth-order valence-corrected chi connectivity index (χ4v) is 3.42. The van der Waals surface area contributed by atoms with Crippen LogP contribution in [-0.4, -0.2) is 25.7 Å². The monoisotopic (exact) mass is 462 g/mol. The van der Waals surface area contributed by atoms with Gasteiger partial charge in [0.25, 0.3) is 5.91 Å². The van der Waals surface area contributed by atoms with Gasteiger partial charge in [-0.15, -0.1) is 0 Å². The Kier molecular flexibility index (Phi) is 6.17. The molecule has 0 saturated carbocycles. The second-order valence-electron chi connectivity index (χ2n) is 7.71. The van der Waals surface area contributed by atoms with Crippen LogP contribution < -0.4 is 15.4 Å². The summed E-state index contributed by atoms with van der Waals surface area (Å²) in [6, 6.07) is 27.6. The third kappa shape index (κ3) is 5.51. The summed E-state index contributed by atoms with van der Waals surface area (Å²) in [7, 11) is 0. The second kappa shape index (κ2) is 9.88. The number of hydrogen-bond acceptors (Lipinski definition) is 6. The second-order valence-corrected chi connectivity index (χ2v) is 7.71. The van der Waals surface area contributed by atoms with Gasteiger partial charge in [0.2, 0.25) is 0 Å². The van der Waals surface area contributed by atoms with Crippen molar-refractivity contribution in [2.24, 2.45) is 0 Å². The third-order valence-electron chi connectivity index (χ3n) is 5.07. The number of ether oxygens (including phenoxy) is 1. The molecule has 8 nitrogen and oxygen atoms in total. The molecule has 0 aliphatic rings. The zero-order valence-corrected chi connectivity index (χ0v) is 18.9. The molecule has 0 spiro atoms. The number of benzene rings is 3. The molecule has 0 aliphatic carbocycles. The number of nitrogens with one attached hydrogen (secondary N) is 2. The molecule has 5 aromatic rings. The lowest BCUT2D eigenvalue weighted by Crippen LogP contribution is -2.11. The van der Waals surface area contributed by atoms with Crippen molar-refractivity contribution in [2.75, 3.05) is 10.6 Å². The molecule has 0 bridgehead atoms. The maximum atomic E-state index is 12.7. The Morgan fingerprint density at radius 1 is 0.829 bits per heavy atom. The van der Waals surface area contributed by atoms with Gasteiger partial charge in [-0.1, -0.05) is 18.2 Å². The van der Waals surface area contributed by atoms with E-state index in [4.69, 9.17) is 4.74 Å². The first-order valence-corrected chi connectivity index (χ1v) is 11.0. The molecule has 0 radical (unpaired) electrons. The van der Waals surface area contributed by atoms with Gasteiger partial charge in [0.05, 0.1) is 0 Å². The van der Waals surface area contributed by atoms with E-state index in [1.807, 2.05) is 79.9 Å². The molecule has 1 amide bonds. The van der Waals surface area contributed by atoms with Crippen molar-refractivity contribution in [3.63, 3.8) is 0 Å². The number of carbonyl (C=O) groups is 1. The summed E-state index contributed by atoms with van der Waals surface area (Å²) in [5.41, 5.74) is 2.05. The number of carbonyl (C=O) groups excluding carboxylic acids is 1. The predicted molar refractivity (Wildman–Crippen MR) is 135 cm³/mol. The highest BCUT2D eigenvalue weighted by molar-refractivity contribution is 6.04. The molecule has 5 rings (SSSR count). The zero-order valence-electron chi connectivity index (χ0n) is 18.9. The van der Waals surface area contributed by atoms with E-state index in [1.165, 1.54) is 0 Å². The number of anilines is 3. The lowest BCUT2D eigenvalue weighted by Gasteiger charge is -2.10. The predicted octanol–water partition coefficient (Wildman–Crippen LogP) is 5.76. The number of hydrogen-bond donors (Lipinski definition) is 2. The summed E-state index contributed by atoms with van der Waals surface area (Å²) in [6.45, 7) is 1.83. The maximum Gasteiger partial charge on any atom is 0.255 e. The average Bonchev–Trinajstić information content (AvgIpc) is 3.41. The summed E-state index contributed by atoms with van der Waals surface area (Å²) < 4.78 is 7.46. The first kappa shape index (κ1) is 21.8. The van der Waals surface area contributed by atoms with Crippen LogP contribution in [0.4, 0.5) is 17.2 Å². The number of rotatable bonds is 7. The Balaban J connectivity index is 1.21. The van der Waals surface area contributed by atoms with Crippen molar-refractivity contribution in [3.05, 3.63) is 115 Å². The highest BCUT2D eigenvalue weighted by atomic mass is 16.5. The number of aromatic nitrogens is 4. The van der Waals surface area contributed by atoms with Gasteiger partial charge < -0.3 is 15.4 Å². The summed E-state index contributed by atoms with van der Waals surface area (Å²) in [4.78, 5) is 21.5. The number of aryl methyl sites for hydroxylation is 1. The summed E-state index contributed by atoms with van der Waals surface area (Å²) in [5.74, 6) is 3.16.